The Hall–Kier alpha value is -3.24. The second-order valence-electron chi connectivity index (χ2n) is 10.0. The lowest BCUT2D eigenvalue weighted by Gasteiger charge is -2.32. The maximum Gasteiger partial charge on any atom is 0.276 e. The highest BCUT2D eigenvalue weighted by Gasteiger charge is 2.33. The third-order valence-electron chi connectivity index (χ3n) is 7.77. The van der Waals surface area contributed by atoms with E-state index in [0.29, 0.717) is 36.1 Å². The number of nitrogens with one attached hydrogen (secondary N) is 2. The van der Waals surface area contributed by atoms with Gasteiger partial charge in [-0.2, -0.15) is 4.98 Å². The van der Waals surface area contributed by atoms with Crippen LogP contribution in [0.25, 0.3) is 11.0 Å². The second-order valence-corrected chi connectivity index (χ2v) is 10.0. The summed E-state index contributed by atoms with van der Waals surface area (Å²) in [5, 5.41) is 7.43. The van der Waals surface area contributed by atoms with Gasteiger partial charge >= 0.3 is 0 Å². The fourth-order valence-corrected chi connectivity index (χ4v) is 5.72. The number of hydrogen-bond acceptors (Lipinski definition) is 8. The summed E-state index contributed by atoms with van der Waals surface area (Å²) in [4.78, 5) is 43.9. The average molecular weight is 525 g/mol. The zero-order chi connectivity index (χ0) is 24.8. The topological polar surface area (TPSA) is 108 Å². The van der Waals surface area contributed by atoms with E-state index < -0.39 is 0 Å². The summed E-state index contributed by atoms with van der Waals surface area (Å²) in [7, 11) is 0. The Bertz CT molecular complexity index is 1400. The van der Waals surface area contributed by atoms with Gasteiger partial charge in [0.05, 0.1) is 11.9 Å². The van der Waals surface area contributed by atoms with Crippen molar-refractivity contribution in [1.82, 2.24) is 24.8 Å². The highest BCUT2D eigenvalue weighted by Crippen LogP contribution is 2.34. The fourth-order valence-electron chi connectivity index (χ4n) is 5.72. The number of aryl methyl sites for hydroxylation is 2. The first-order valence-corrected chi connectivity index (χ1v) is 12.9. The van der Waals surface area contributed by atoms with E-state index in [9.17, 15) is 9.59 Å². The van der Waals surface area contributed by atoms with Crippen molar-refractivity contribution in [2.75, 3.05) is 47.8 Å². The third-order valence-corrected chi connectivity index (χ3v) is 7.77. The number of carbonyl (C=O) groups is 1. The van der Waals surface area contributed by atoms with Crippen LogP contribution in [-0.4, -0.2) is 58.1 Å². The van der Waals surface area contributed by atoms with Crippen LogP contribution in [-0.2, 0) is 4.79 Å². The van der Waals surface area contributed by atoms with Gasteiger partial charge in [0.15, 0.2) is 0 Å². The van der Waals surface area contributed by atoms with Gasteiger partial charge in [-0.1, -0.05) is 12.8 Å². The Morgan fingerprint density at radius 3 is 2.43 bits per heavy atom. The zero-order valence-electron chi connectivity index (χ0n) is 21.3. The van der Waals surface area contributed by atoms with Crippen LogP contribution in [0.2, 0.25) is 0 Å². The van der Waals surface area contributed by atoms with Crippen LogP contribution < -0.4 is 26.0 Å². The van der Waals surface area contributed by atoms with Crippen molar-refractivity contribution < 1.29 is 4.79 Å². The maximum absolute atomic E-state index is 13.7. The largest absolute Gasteiger partial charge is 0.368 e. The lowest BCUT2D eigenvalue weighted by atomic mass is 10.1. The molecule has 3 aliphatic rings. The van der Waals surface area contributed by atoms with Gasteiger partial charge < -0.3 is 20.4 Å². The third kappa shape index (κ3) is 4.53. The van der Waals surface area contributed by atoms with E-state index in [1.54, 1.807) is 11.1 Å². The van der Waals surface area contributed by atoms with Crippen molar-refractivity contribution in [2.45, 2.75) is 52.0 Å². The van der Waals surface area contributed by atoms with Gasteiger partial charge in [0.2, 0.25) is 11.9 Å². The zero-order valence-corrected chi connectivity index (χ0v) is 22.1. The Balaban J connectivity index is 0.00000280. The van der Waals surface area contributed by atoms with Crippen LogP contribution in [0.1, 0.15) is 49.3 Å². The summed E-state index contributed by atoms with van der Waals surface area (Å²) in [6.07, 6.45) is 8.20. The summed E-state index contributed by atoms with van der Waals surface area (Å²) in [6, 6.07) is 2.09. The average Bonchev–Trinajstić information content (AvgIpc) is 3.40. The van der Waals surface area contributed by atoms with E-state index in [2.05, 4.69) is 32.4 Å². The smallest absolute Gasteiger partial charge is 0.276 e. The first-order chi connectivity index (χ1) is 17.5. The number of halogens is 1. The van der Waals surface area contributed by atoms with Crippen LogP contribution in [0.15, 0.2) is 23.3 Å². The highest BCUT2D eigenvalue weighted by atomic mass is 35.5. The number of piperazine rings is 1. The molecule has 2 aliphatic heterocycles. The first-order valence-electron chi connectivity index (χ1n) is 12.9. The van der Waals surface area contributed by atoms with Crippen LogP contribution in [0.3, 0.4) is 0 Å². The summed E-state index contributed by atoms with van der Waals surface area (Å²) in [5.74, 6) is 1.07. The molecule has 0 unspecified atom stereocenters. The molecule has 0 aromatic carbocycles. The van der Waals surface area contributed by atoms with Gasteiger partial charge in [-0.05, 0) is 43.9 Å². The van der Waals surface area contributed by atoms with E-state index in [1.807, 2.05) is 23.8 Å². The van der Waals surface area contributed by atoms with Crippen molar-refractivity contribution in [3.63, 3.8) is 0 Å². The van der Waals surface area contributed by atoms with E-state index in [0.717, 1.165) is 74.1 Å². The quantitative estimate of drug-likeness (QED) is 0.490. The van der Waals surface area contributed by atoms with E-state index in [-0.39, 0.29) is 29.9 Å². The number of β-lactam (4-membered cyclic amide) rings is 1. The number of amides is 1. The highest BCUT2D eigenvalue weighted by molar-refractivity contribution is 6.01. The van der Waals surface area contributed by atoms with E-state index in [4.69, 9.17) is 4.98 Å². The Morgan fingerprint density at radius 2 is 1.78 bits per heavy atom. The standard InChI is InChI=1S/C26H32N8O2.ClH/c1-16-13-21(28-15-20(16)32-11-8-27-9-12-32)30-26-29-14-19-17(2)23(33-10-7-22(33)35)25(36)34(24(19)31-26)18-5-3-4-6-18;/h13-15,18,27H,3-12H2,1-2H3,(H,28,29,30,31);1H. The molecule has 11 heteroatoms. The van der Waals surface area contributed by atoms with Gasteiger partial charge in [0.25, 0.3) is 5.56 Å². The molecule has 1 aliphatic carbocycles. The molecule has 2 saturated heterocycles. The van der Waals surface area contributed by atoms with E-state index >= 15 is 0 Å². The molecule has 1 amide bonds. The van der Waals surface area contributed by atoms with Crippen molar-refractivity contribution in [2.24, 2.45) is 0 Å². The number of pyridine rings is 2. The summed E-state index contributed by atoms with van der Waals surface area (Å²) < 4.78 is 1.81. The van der Waals surface area contributed by atoms with Crippen molar-refractivity contribution in [1.29, 1.82) is 0 Å². The normalized spacial score (nSPS) is 18.2. The van der Waals surface area contributed by atoms with Crippen LogP contribution in [0, 0.1) is 13.8 Å². The molecule has 0 atom stereocenters. The SMILES string of the molecule is Cc1cc(Nc2ncc3c(C)c(N4CCC4=O)c(=O)n(C4CCCC4)c3n2)ncc1N1CCNCC1.Cl. The number of aromatic nitrogens is 4. The van der Waals surface area contributed by atoms with Crippen LogP contribution in [0.4, 0.5) is 23.1 Å². The number of anilines is 4. The molecule has 0 bridgehead atoms. The first kappa shape index (κ1) is 25.4. The molecule has 6 rings (SSSR count). The predicted molar refractivity (Wildman–Crippen MR) is 148 cm³/mol. The van der Waals surface area contributed by atoms with Crippen LogP contribution in [0.5, 0.6) is 0 Å². The summed E-state index contributed by atoms with van der Waals surface area (Å²) in [6.45, 7) is 8.43. The lowest BCUT2D eigenvalue weighted by molar-refractivity contribution is -0.122. The molecule has 196 valence electrons. The van der Waals surface area contributed by atoms with Gasteiger partial charge in [0, 0.05) is 56.8 Å². The molecule has 2 N–H and O–H groups in total. The number of nitrogens with zero attached hydrogens (tertiary/aromatic N) is 6. The molecule has 3 aromatic heterocycles. The minimum Gasteiger partial charge on any atom is -0.368 e. The number of hydrogen-bond donors (Lipinski definition) is 2. The van der Waals surface area contributed by atoms with Gasteiger partial charge in [0.1, 0.15) is 17.2 Å². The van der Waals surface area contributed by atoms with Crippen LogP contribution >= 0.6 is 12.4 Å². The minimum atomic E-state index is -0.126. The molecular weight excluding hydrogens is 492 g/mol. The van der Waals surface area contributed by atoms with Crippen molar-refractivity contribution in [3.8, 4) is 0 Å². The van der Waals surface area contributed by atoms with E-state index in [1.165, 1.54) is 0 Å². The summed E-state index contributed by atoms with van der Waals surface area (Å²) in [5.41, 5.74) is 4.01. The Morgan fingerprint density at radius 1 is 1.03 bits per heavy atom. The molecule has 5 heterocycles. The minimum absolute atomic E-state index is 0. The Labute approximate surface area is 221 Å². The molecule has 0 radical (unpaired) electrons. The molecule has 3 aromatic rings. The summed E-state index contributed by atoms with van der Waals surface area (Å²) >= 11 is 0. The monoisotopic (exact) mass is 524 g/mol. The second kappa shape index (κ2) is 10.3. The van der Waals surface area contributed by atoms with Crippen molar-refractivity contribution >= 4 is 52.5 Å². The molecule has 37 heavy (non-hydrogen) atoms. The number of carbonyl (C=O) groups excluding carboxylic acids is 1. The number of rotatable bonds is 5. The van der Waals surface area contributed by atoms with Gasteiger partial charge in [-0.15, -0.1) is 12.4 Å². The van der Waals surface area contributed by atoms with Crippen molar-refractivity contribution in [3.05, 3.63) is 39.9 Å². The molecule has 0 spiro atoms. The predicted octanol–water partition coefficient (Wildman–Crippen LogP) is 3.23. The maximum atomic E-state index is 13.7. The Kier molecular flexibility index (Phi) is 7.04. The van der Waals surface area contributed by atoms with Gasteiger partial charge in [-0.25, -0.2) is 9.97 Å². The molecular formula is C26H33ClN8O2. The lowest BCUT2D eigenvalue weighted by Crippen LogP contribution is -2.47. The molecule has 1 saturated carbocycles. The van der Waals surface area contributed by atoms with Gasteiger partial charge in [-0.3, -0.25) is 14.2 Å². The number of fused-ring (bicyclic) bond motifs is 1. The fraction of sp³-hybridized carbons (Fsp3) is 0.500. The molecule has 3 fully saturated rings. The molecule has 10 nitrogen and oxygen atoms in total.